The maximum Gasteiger partial charge on any atom is 0.331 e. The van der Waals surface area contributed by atoms with Crippen molar-refractivity contribution in [3.05, 3.63) is 63.9 Å². The maximum atomic E-state index is 12.2. The number of ether oxygens (including phenoxy) is 1. The lowest BCUT2D eigenvalue weighted by atomic mass is 10.1. The van der Waals surface area contributed by atoms with Gasteiger partial charge in [-0.25, -0.2) is 4.79 Å². The van der Waals surface area contributed by atoms with Crippen LogP contribution < -0.4 is 0 Å². The van der Waals surface area contributed by atoms with Crippen molar-refractivity contribution in [1.82, 2.24) is 4.57 Å². The van der Waals surface area contributed by atoms with Crippen LogP contribution in [-0.4, -0.2) is 22.9 Å². The van der Waals surface area contributed by atoms with Crippen molar-refractivity contribution in [2.75, 3.05) is 6.61 Å². The van der Waals surface area contributed by atoms with Gasteiger partial charge in [0.15, 0.2) is 6.61 Å². The van der Waals surface area contributed by atoms with Crippen molar-refractivity contribution in [1.29, 1.82) is 0 Å². The van der Waals surface area contributed by atoms with Crippen molar-refractivity contribution in [3.8, 4) is 0 Å². The Hall–Kier alpha value is -2.33. The standard InChI is InChI=1S/C19H20ClNO3/c1-4-21-13(2)11-16(14(21)3)18(22)12-24-19(23)10-9-15-7-5-6-8-17(15)20/h5-11H,4,12H2,1-3H3/b10-9+. The molecule has 1 heterocycles. The molecule has 0 spiro atoms. The number of ketones is 1. The molecular weight excluding hydrogens is 326 g/mol. The molecule has 126 valence electrons. The van der Waals surface area contributed by atoms with Crippen LogP contribution in [0.2, 0.25) is 5.02 Å². The molecule has 5 heteroatoms. The van der Waals surface area contributed by atoms with Crippen LogP contribution in [-0.2, 0) is 16.1 Å². The summed E-state index contributed by atoms with van der Waals surface area (Å²) in [4.78, 5) is 24.0. The van der Waals surface area contributed by atoms with Crippen LogP contribution in [0.5, 0.6) is 0 Å². The molecule has 0 radical (unpaired) electrons. The summed E-state index contributed by atoms with van der Waals surface area (Å²) in [6.45, 7) is 6.38. The second kappa shape index (κ2) is 7.97. The number of Topliss-reactive ketones (excluding diaryl/α,β-unsaturated/α-hetero) is 1. The van der Waals surface area contributed by atoms with E-state index >= 15 is 0 Å². The van der Waals surface area contributed by atoms with Gasteiger partial charge in [0.25, 0.3) is 0 Å². The molecule has 0 fully saturated rings. The predicted octanol–water partition coefficient (Wildman–Crippen LogP) is 4.22. The lowest BCUT2D eigenvalue weighted by Gasteiger charge is -2.05. The normalized spacial score (nSPS) is 11.0. The van der Waals surface area contributed by atoms with E-state index in [0.717, 1.165) is 17.9 Å². The average Bonchev–Trinajstić information content (AvgIpc) is 2.85. The SMILES string of the molecule is CCn1c(C)cc(C(=O)COC(=O)/C=C/c2ccccc2Cl)c1C. The number of carbonyl (C=O) groups is 2. The quantitative estimate of drug-likeness (QED) is 0.447. The summed E-state index contributed by atoms with van der Waals surface area (Å²) in [6, 6.07) is 8.98. The molecular formula is C19H20ClNO3. The minimum Gasteiger partial charge on any atom is -0.454 e. The number of esters is 1. The third-order valence-electron chi connectivity index (χ3n) is 3.84. The van der Waals surface area contributed by atoms with E-state index in [4.69, 9.17) is 16.3 Å². The zero-order valence-corrected chi connectivity index (χ0v) is 14.8. The molecule has 1 aromatic heterocycles. The predicted molar refractivity (Wildman–Crippen MR) is 95.4 cm³/mol. The number of carbonyl (C=O) groups excluding carboxylic acids is 2. The highest BCUT2D eigenvalue weighted by molar-refractivity contribution is 6.32. The van der Waals surface area contributed by atoms with E-state index in [0.29, 0.717) is 16.1 Å². The topological polar surface area (TPSA) is 48.3 Å². The van der Waals surface area contributed by atoms with Gasteiger partial charge >= 0.3 is 5.97 Å². The van der Waals surface area contributed by atoms with Gasteiger partial charge in [0.1, 0.15) is 0 Å². The molecule has 0 aliphatic heterocycles. The summed E-state index contributed by atoms with van der Waals surface area (Å²) >= 11 is 6.00. The van der Waals surface area contributed by atoms with E-state index in [1.807, 2.05) is 43.5 Å². The molecule has 0 N–H and O–H groups in total. The minimum absolute atomic E-state index is 0.206. The lowest BCUT2D eigenvalue weighted by molar-refractivity contribution is -0.136. The summed E-state index contributed by atoms with van der Waals surface area (Å²) in [7, 11) is 0. The van der Waals surface area contributed by atoms with Crippen LogP contribution in [0.1, 0.15) is 34.2 Å². The first-order chi connectivity index (χ1) is 11.4. The fraction of sp³-hybridized carbons (Fsp3) is 0.263. The van der Waals surface area contributed by atoms with Gasteiger partial charge in [-0.05, 0) is 44.5 Å². The van der Waals surface area contributed by atoms with Gasteiger partial charge in [0, 0.05) is 34.6 Å². The molecule has 0 aliphatic rings. The second-order valence-electron chi connectivity index (χ2n) is 5.41. The number of aromatic nitrogens is 1. The molecule has 2 aromatic rings. The molecule has 0 bridgehead atoms. The first-order valence-corrected chi connectivity index (χ1v) is 8.11. The Bertz CT molecular complexity index is 790. The number of hydrogen-bond donors (Lipinski definition) is 0. The fourth-order valence-electron chi connectivity index (χ4n) is 2.60. The Balaban J connectivity index is 1.97. The van der Waals surface area contributed by atoms with E-state index < -0.39 is 5.97 Å². The van der Waals surface area contributed by atoms with E-state index in [2.05, 4.69) is 0 Å². The van der Waals surface area contributed by atoms with E-state index in [1.165, 1.54) is 6.08 Å². The van der Waals surface area contributed by atoms with Crippen molar-refractivity contribution in [3.63, 3.8) is 0 Å². The van der Waals surface area contributed by atoms with Gasteiger partial charge in [-0.15, -0.1) is 0 Å². The lowest BCUT2D eigenvalue weighted by Crippen LogP contribution is -2.13. The van der Waals surface area contributed by atoms with Gasteiger partial charge in [0.05, 0.1) is 0 Å². The molecule has 24 heavy (non-hydrogen) atoms. The Kier molecular flexibility index (Phi) is 5.99. The highest BCUT2D eigenvalue weighted by Gasteiger charge is 2.16. The molecule has 0 aliphatic carbocycles. The highest BCUT2D eigenvalue weighted by atomic mass is 35.5. The minimum atomic E-state index is -0.576. The largest absolute Gasteiger partial charge is 0.454 e. The summed E-state index contributed by atoms with van der Waals surface area (Å²) in [5.41, 5.74) is 3.22. The smallest absolute Gasteiger partial charge is 0.331 e. The number of aryl methyl sites for hydroxylation is 1. The third-order valence-corrected chi connectivity index (χ3v) is 4.18. The number of benzene rings is 1. The van der Waals surface area contributed by atoms with E-state index in [1.54, 1.807) is 18.2 Å². The van der Waals surface area contributed by atoms with Gasteiger partial charge in [-0.3, -0.25) is 4.79 Å². The summed E-state index contributed by atoms with van der Waals surface area (Å²) < 4.78 is 7.08. The van der Waals surface area contributed by atoms with Crippen molar-refractivity contribution < 1.29 is 14.3 Å². The Morgan fingerprint density at radius 3 is 2.58 bits per heavy atom. The number of rotatable bonds is 6. The number of nitrogens with zero attached hydrogens (tertiary/aromatic N) is 1. The van der Waals surface area contributed by atoms with Crippen LogP contribution in [0.3, 0.4) is 0 Å². The van der Waals surface area contributed by atoms with Crippen LogP contribution in [0.25, 0.3) is 6.08 Å². The second-order valence-corrected chi connectivity index (χ2v) is 5.82. The van der Waals surface area contributed by atoms with Crippen molar-refractivity contribution in [2.45, 2.75) is 27.3 Å². The van der Waals surface area contributed by atoms with E-state index in [-0.39, 0.29) is 12.4 Å². The molecule has 0 amide bonds. The Morgan fingerprint density at radius 1 is 1.25 bits per heavy atom. The Labute approximate surface area is 146 Å². The molecule has 1 aromatic carbocycles. The number of hydrogen-bond acceptors (Lipinski definition) is 3. The molecule has 0 saturated carbocycles. The molecule has 0 saturated heterocycles. The van der Waals surface area contributed by atoms with Crippen LogP contribution in [0.4, 0.5) is 0 Å². The first-order valence-electron chi connectivity index (χ1n) is 7.73. The summed E-state index contributed by atoms with van der Waals surface area (Å²) in [6.07, 6.45) is 2.84. The van der Waals surface area contributed by atoms with Crippen LogP contribution >= 0.6 is 11.6 Å². The molecule has 0 atom stereocenters. The number of halogens is 1. The zero-order chi connectivity index (χ0) is 17.7. The summed E-state index contributed by atoms with van der Waals surface area (Å²) in [5.74, 6) is -0.783. The van der Waals surface area contributed by atoms with Gasteiger partial charge < -0.3 is 9.30 Å². The molecule has 0 unspecified atom stereocenters. The first kappa shape index (κ1) is 18.0. The Morgan fingerprint density at radius 2 is 1.96 bits per heavy atom. The molecule has 4 nitrogen and oxygen atoms in total. The van der Waals surface area contributed by atoms with Crippen molar-refractivity contribution in [2.24, 2.45) is 0 Å². The zero-order valence-electron chi connectivity index (χ0n) is 14.0. The maximum absolute atomic E-state index is 12.2. The summed E-state index contributed by atoms with van der Waals surface area (Å²) in [5, 5.41) is 0.546. The van der Waals surface area contributed by atoms with Crippen molar-refractivity contribution >= 4 is 29.4 Å². The average molecular weight is 346 g/mol. The van der Waals surface area contributed by atoms with Gasteiger partial charge in [-0.2, -0.15) is 0 Å². The van der Waals surface area contributed by atoms with E-state index in [9.17, 15) is 9.59 Å². The van der Waals surface area contributed by atoms with Crippen LogP contribution in [0.15, 0.2) is 36.4 Å². The highest BCUT2D eigenvalue weighted by Crippen LogP contribution is 2.17. The van der Waals surface area contributed by atoms with Gasteiger partial charge in [0.2, 0.25) is 5.78 Å². The molecule has 2 rings (SSSR count). The third kappa shape index (κ3) is 4.15. The monoisotopic (exact) mass is 345 g/mol. The fourth-order valence-corrected chi connectivity index (χ4v) is 2.80. The van der Waals surface area contributed by atoms with Gasteiger partial charge in [-0.1, -0.05) is 29.8 Å². The van der Waals surface area contributed by atoms with Crippen LogP contribution in [0, 0.1) is 13.8 Å².